The van der Waals surface area contributed by atoms with E-state index >= 15 is 0 Å². The Bertz CT molecular complexity index is 486. The quantitative estimate of drug-likeness (QED) is 0.834. The van der Waals surface area contributed by atoms with Crippen molar-refractivity contribution in [1.29, 1.82) is 0 Å². The van der Waals surface area contributed by atoms with Gasteiger partial charge in [0.2, 0.25) is 10.0 Å². The van der Waals surface area contributed by atoms with Gasteiger partial charge >= 0.3 is 0 Å². The summed E-state index contributed by atoms with van der Waals surface area (Å²) in [7, 11) is -1.96. The largest absolute Gasteiger partial charge is 0.382 e. The minimum atomic E-state index is -3.37. The van der Waals surface area contributed by atoms with Crippen molar-refractivity contribution in [2.45, 2.75) is 38.1 Å². The Balaban J connectivity index is 2.90. The molecule has 18 heavy (non-hydrogen) atoms. The number of hydrogen-bond donors (Lipinski definition) is 2. The van der Waals surface area contributed by atoms with E-state index in [0.717, 1.165) is 12.1 Å². The molecule has 0 aliphatic rings. The number of nitrogens with one attached hydrogen (secondary N) is 2. The van der Waals surface area contributed by atoms with Crippen molar-refractivity contribution in [3.8, 4) is 0 Å². The SMILES string of the molecule is CCC(C)C(C)Nc1cccc(S(=O)(=O)NC)c1. The van der Waals surface area contributed by atoms with Gasteiger partial charge in [-0.15, -0.1) is 0 Å². The summed E-state index contributed by atoms with van der Waals surface area (Å²) < 4.78 is 25.7. The number of hydrogen-bond acceptors (Lipinski definition) is 3. The Morgan fingerprint density at radius 2 is 1.94 bits per heavy atom. The summed E-state index contributed by atoms with van der Waals surface area (Å²) in [5.41, 5.74) is 0.833. The van der Waals surface area contributed by atoms with Crippen LogP contribution in [0.3, 0.4) is 0 Å². The molecule has 0 aliphatic carbocycles. The molecule has 0 amide bonds. The lowest BCUT2D eigenvalue weighted by atomic mass is 10.0. The second kappa shape index (κ2) is 6.20. The minimum Gasteiger partial charge on any atom is -0.382 e. The maximum atomic E-state index is 11.7. The van der Waals surface area contributed by atoms with Gasteiger partial charge in [0.1, 0.15) is 0 Å². The Labute approximate surface area is 110 Å². The molecule has 0 fully saturated rings. The molecule has 0 bridgehead atoms. The lowest BCUT2D eigenvalue weighted by molar-refractivity contribution is 0.494. The Morgan fingerprint density at radius 1 is 1.28 bits per heavy atom. The van der Waals surface area contributed by atoms with E-state index in [-0.39, 0.29) is 4.90 Å². The maximum Gasteiger partial charge on any atom is 0.240 e. The van der Waals surface area contributed by atoms with Gasteiger partial charge in [-0.1, -0.05) is 26.3 Å². The summed E-state index contributed by atoms with van der Waals surface area (Å²) in [6, 6.07) is 7.18. The third-order valence-corrected chi connectivity index (χ3v) is 4.72. The summed E-state index contributed by atoms with van der Waals surface area (Å²) >= 11 is 0. The van der Waals surface area contributed by atoms with Crippen LogP contribution in [0.4, 0.5) is 5.69 Å². The summed E-state index contributed by atoms with van der Waals surface area (Å²) in [4.78, 5) is 0.284. The smallest absolute Gasteiger partial charge is 0.240 e. The molecular weight excluding hydrogens is 248 g/mol. The van der Waals surface area contributed by atoms with Gasteiger partial charge in [-0.25, -0.2) is 13.1 Å². The highest BCUT2D eigenvalue weighted by Gasteiger charge is 2.13. The summed E-state index contributed by atoms with van der Waals surface area (Å²) in [5, 5.41) is 3.34. The van der Waals surface area contributed by atoms with Crippen LogP contribution >= 0.6 is 0 Å². The molecule has 1 rings (SSSR count). The van der Waals surface area contributed by atoms with Crippen LogP contribution in [-0.4, -0.2) is 21.5 Å². The molecule has 0 radical (unpaired) electrons. The molecule has 102 valence electrons. The third-order valence-electron chi connectivity index (χ3n) is 3.30. The first-order valence-electron chi connectivity index (χ1n) is 6.21. The summed E-state index contributed by atoms with van der Waals surface area (Å²) in [6.45, 7) is 6.42. The van der Waals surface area contributed by atoms with E-state index in [1.54, 1.807) is 18.2 Å². The Hall–Kier alpha value is -1.07. The molecule has 4 nitrogen and oxygen atoms in total. The van der Waals surface area contributed by atoms with E-state index in [1.807, 2.05) is 6.07 Å². The fraction of sp³-hybridized carbons (Fsp3) is 0.538. The van der Waals surface area contributed by atoms with Gasteiger partial charge in [0, 0.05) is 11.7 Å². The molecule has 5 heteroatoms. The molecule has 0 spiro atoms. The van der Waals surface area contributed by atoms with Crippen molar-refractivity contribution >= 4 is 15.7 Å². The van der Waals surface area contributed by atoms with E-state index in [0.29, 0.717) is 12.0 Å². The highest BCUT2D eigenvalue weighted by Crippen LogP contribution is 2.18. The predicted molar refractivity (Wildman–Crippen MR) is 75.2 cm³/mol. The molecule has 2 unspecified atom stereocenters. The predicted octanol–water partition coefficient (Wildman–Crippen LogP) is 2.44. The topological polar surface area (TPSA) is 58.2 Å². The first kappa shape index (κ1) is 15.0. The van der Waals surface area contributed by atoms with Crippen LogP contribution in [-0.2, 0) is 10.0 Å². The van der Waals surface area contributed by atoms with E-state index < -0.39 is 10.0 Å². The maximum absolute atomic E-state index is 11.7. The number of sulfonamides is 1. The Morgan fingerprint density at radius 3 is 2.50 bits per heavy atom. The van der Waals surface area contributed by atoms with Gasteiger partial charge in [-0.2, -0.15) is 0 Å². The van der Waals surface area contributed by atoms with Crippen LogP contribution in [0.1, 0.15) is 27.2 Å². The van der Waals surface area contributed by atoms with Crippen LogP contribution in [0.2, 0.25) is 0 Å². The number of anilines is 1. The van der Waals surface area contributed by atoms with Crippen LogP contribution in [0.25, 0.3) is 0 Å². The van der Waals surface area contributed by atoms with E-state index in [4.69, 9.17) is 0 Å². The third kappa shape index (κ3) is 3.71. The van der Waals surface area contributed by atoms with Crippen molar-refractivity contribution in [2.24, 2.45) is 5.92 Å². The van der Waals surface area contributed by atoms with Gasteiger partial charge in [0.05, 0.1) is 4.90 Å². The van der Waals surface area contributed by atoms with Crippen molar-refractivity contribution < 1.29 is 8.42 Å². The second-order valence-corrected chi connectivity index (χ2v) is 6.44. The van der Waals surface area contributed by atoms with Crippen molar-refractivity contribution in [3.63, 3.8) is 0 Å². The highest BCUT2D eigenvalue weighted by atomic mass is 32.2. The van der Waals surface area contributed by atoms with Gasteiger partial charge in [-0.3, -0.25) is 0 Å². The van der Waals surface area contributed by atoms with Gasteiger partial charge in [0.25, 0.3) is 0 Å². The zero-order valence-electron chi connectivity index (χ0n) is 11.4. The fourth-order valence-corrected chi connectivity index (χ4v) is 2.41. The summed E-state index contributed by atoms with van der Waals surface area (Å²) in [5.74, 6) is 0.537. The lowest BCUT2D eigenvalue weighted by Crippen LogP contribution is -2.23. The van der Waals surface area contributed by atoms with Gasteiger partial charge in [0.15, 0.2) is 0 Å². The highest BCUT2D eigenvalue weighted by molar-refractivity contribution is 7.89. The van der Waals surface area contributed by atoms with Crippen molar-refractivity contribution in [2.75, 3.05) is 12.4 Å². The van der Waals surface area contributed by atoms with Crippen molar-refractivity contribution in [3.05, 3.63) is 24.3 Å². The first-order valence-corrected chi connectivity index (χ1v) is 7.69. The molecule has 2 N–H and O–H groups in total. The average molecular weight is 270 g/mol. The molecule has 1 aromatic carbocycles. The zero-order valence-corrected chi connectivity index (χ0v) is 12.2. The van der Waals surface area contributed by atoms with Gasteiger partial charge in [-0.05, 0) is 38.1 Å². The minimum absolute atomic E-state index is 0.284. The Kier molecular flexibility index (Phi) is 5.16. The number of benzene rings is 1. The van der Waals surface area contributed by atoms with Crippen LogP contribution in [0.15, 0.2) is 29.2 Å². The number of rotatable bonds is 6. The van der Waals surface area contributed by atoms with Gasteiger partial charge < -0.3 is 5.32 Å². The average Bonchev–Trinajstić information content (AvgIpc) is 2.38. The zero-order chi connectivity index (χ0) is 13.8. The molecule has 1 aromatic rings. The van der Waals surface area contributed by atoms with E-state index in [9.17, 15) is 8.42 Å². The van der Waals surface area contributed by atoms with Crippen LogP contribution in [0.5, 0.6) is 0 Å². The second-order valence-electron chi connectivity index (χ2n) is 4.55. The van der Waals surface area contributed by atoms with E-state index in [1.165, 1.54) is 7.05 Å². The molecule has 0 heterocycles. The molecule has 2 atom stereocenters. The molecular formula is C13H22N2O2S. The van der Waals surface area contributed by atoms with E-state index in [2.05, 4.69) is 30.8 Å². The first-order chi connectivity index (χ1) is 8.40. The van der Waals surface area contributed by atoms with Crippen LogP contribution in [0, 0.1) is 5.92 Å². The van der Waals surface area contributed by atoms with Crippen molar-refractivity contribution in [1.82, 2.24) is 4.72 Å². The van der Waals surface area contributed by atoms with Crippen LogP contribution < -0.4 is 10.0 Å². The molecule has 0 saturated carbocycles. The molecule has 0 aromatic heterocycles. The fourth-order valence-electron chi connectivity index (χ4n) is 1.63. The normalized spacial score (nSPS) is 15.1. The standard InChI is InChI=1S/C13H22N2O2S/c1-5-10(2)11(3)15-12-7-6-8-13(9-12)18(16,17)14-4/h6-11,14-15H,5H2,1-4H3. The molecule has 0 aliphatic heterocycles. The molecule has 0 saturated heterocycles. The summed E-state index contributed by atoms with van der Waals surface area (Å²) in [6.07, 6.45) is 1.09. The monoisotopic (exact) mass is 270 g/mol. The lowest BCUT2D eigenvalue weighted by Gasteiger charge is -2.21.